The summed E-state index contributed by atoms with van der Waals surface area (Å²) in [4.78, 5) is 32.3. The van der Waals surface area contributed by atoms with Gasteiger partial charge in [0.25, 0.3) is 5.78 Å². The number of aromatic nitrogens is 1. The topological polar surface area (TPSA) is 70.5 Å². The summed E-state index contributed by atoms with van der Waals surface area (Å²) in [6, 6.07) is 17.9. The maximum Gasteiger partial charge on any atom is 0.301 e. The summed E-state index contributed by atoms with van der Waals surface area (Å²) in [6.07, 6.45) is 0. The standard InChI is InChI=1S/C26H19FN2O3S/c1-14-8-9-15(2)18(12-14)23(30)21-22(16-6-4-3-5-7-16)29(25(32)24(21)31)26-28-19-11-10-17(27)13-20(19)33-26/h3-13,22,30H,1-2H3. The Morgan fingerprint density at radius 1 is 1.03 bits per heavy atom. The number of amides is 1. The zero-order valence-electron chi connectivity index (χ0n) is 17.9. The summed E-state index contributed by atoms with van der Waals surface area (Å²) in [5, 5.41) is 11.6. The number of fused-ring (bicyclic) bond motifs is 1. The summed E-state index contributed by atoms with van der Waals surface area (Å²) in [7, 11) is 0. The molecule has 1 aromatic heterocycles. The number of Topliss-reactive ketones (excluding diaryl/α,β-unsaturated/α-hetero) is 1. The van der Waals surface area contributed by atoms with Gasteiger partial charge in [0.2, 0.25) is 0 Å². The Morgan fingerprint density at radius 3 is 2.55 bits per heavy atom. The van der Waals surface area contributed by atoms with Gasteiger partial charge >= 0.3 is 5.91 Å². The molecule has 5 nitrogen and oxygen atoms in total. The molecule has 3 aromatic carbocycles. The van der Waals surface area contributed by atoms with Crippen molar-refractivity contribution in [3.8, 4) is 0 Å². The zero-order valence-corrected chi connectivity index (χ0v) is 18.7. The van der Waals surface area contributed by atoms with E-state index in [-0.39, 0.29) is 16.5 Å². The van der Waals surface area contributed by atoms with Crippen molar-refractivity contribution in [1.29, 1.82) is 0 Å². The molecule has 2 heterocycles. The van der Waals surface area contributed by atoms with Crippen molar-refractivity contribution in [1.82, 2.24) is 4.98 Å². The normalized spacial score (nSPS) is 17.8. The van der Waals surface area contributed by atoms with Gasteiger partial charge in [0.1, 0.15) is 11.6 Å². The van der Waals surface area contributed by atoms with Crippen LogP contribution >= 0.6 is 11.3 Å². The number of aliphatic hydroxyl groups excluding tert-OH is 1. The van der Waals surface area contributed by atoms with Gasteiger partial charge in [-0.3, -0.25) is 14.5 Å². The molecule has 0 radical (unpaired) electrons. The van der Waals surface area contributed by atoms with Crippen molar-refractivity contribution in [3.05, 3.63) is 100 Å². The van der Waals surface area contributed by atoms with Gasteiger partial charge in [0, 0.05) is 5.56 Å². The van der Waals surface area contributed by atoms with Gasteiger partial charge in [0.05, 0.1) is 21.8 Å². The van der Waals surface area contributed by atoms with Crippen LogP contribution in [-0.4, -0.2) is 21.8 Å². The molecule has 0 saturated carbocycles. The second kappa shape index (κ2) is 7.94. The molecule has 7 heteroatoms. The first kappa shape index (κ1) is 21.0. The van der Waals surface area contributed by atoms with Crippen LogP contribution in [0.4, 0.5) is 9.52 Å². The quantitative estimate of drug-likeness (QED) is 0.244. The number of carbonyl (C=O) groups excluding carboxylic acids is 2. The molecule has 1 fully saturated rings. The maximum atomic E-state index is 13.7. The van der Waals surface area contributed by atoms with Crippen LogP contribution in [0.25, 0.3) is 16.0 Å². The van der Waals surface area contributed by atoms with Crippen molar-refractivity contribution in [2.75, 3.05) is 4.90 Å². The first-order chi connectivity index (χ1) is 15.8. The van der Waals surface area contributed by atoms with Crippen LogP contribution in [-0.2, 0) is 9.59 Å². The molecule has 1 amide bonds. The van der Waals surface area contributed by atoms with Crippen molar-refractivity contribution in [3.63, 3.8) is 0 Å². The van der Waals surface area contributed by atoms with Crippen molar-refractivity contribution < 1.29 is 19.1 Å². The van der Waals surface area contributed by atoms with E-state index >= 15 is 0 Å². The monoisotopic (exact) mass is 458 g/mol. The van der Waals surface area contributed by atoms with E-state index in [0.717, 1.165) is 22.5 Å². The van der Waals surface area contributed by atoms with E-state index in [4.69, 9.17) is 0 Å². The number of ketones is 1. The van der Waals surface area contributed by atoms with E-state index in [1.165, 1.54) is 23.1 Å². The van der Waals surface area contributed by atoms with Crippen molar-refractivity contribution in [2.45, 2.75) is 19.9 Å². The van der Waals surface area contributed by atoms with Crippen molar-refractivity contribution >= 4 is 44.1 Å². The minimum atomic E-state index is -0.864. The minimum absolute atomic E-state index is 0.00494. The highest BCUT2D eigenvalue weighted by atomic mass is 32.1. The lowest BCUT2D eigenvalue weighted by Gasteiger charge is -2.23. The summed E-state index contributed by atoms with van der Waals surface area (Å²) >= 11 is 1.13. The van der Waals surface area contributed by atoms with Gasteiger partial charge in [-0.2, -0.15) is 0 Å². The molecule has 164 valence electrons. The molecular formula is C26H19FN2O3S. The number of hydrogen-bond donors (Lipinski definition) is 1. The summed E-state index contributed by atoms with van der Waals surface area (Å²) < 4.78 is 14.3. The lowest BCUT2D eigenvalue weighted by molar-refractivity contribution is -0.132. The number of aliphatic hydroxyl groups is 1. The fourth-order valence-corrected chi connectivity index (χ4v) is 5.12. The highest BCUT2D eigenvalue weighted by Crippen LogP contribution is 2.44. The first-order valence-corrected chi connectivity index (χ1v) is 11.2. The molecule has 0 aliphatic carbocycles. The van der Waals surface area contributed by atoms with Crippen LogP contribution in [0.2, 0.25) is 0 Å². The Labute approximate surface area is 193 Å². The smallest absolute Gasteiger partial charge is 0.301 e. The van der Waals surface area contributed by atoms with Gasteiger partial charge < -0.3 is 5.11 Å². The lowest BCUT2D eigenvalue weighted by atomic mass is 9.93. The molecule has 33 heavy (non-hydrogen) atoms. The number of rotatable bonds is 3. The van der Waals surface area contributed by atoms with E-state index in [0.29, 0.717) is 21.3 Å². The van der Waals surface area contributed by atoms with Gasteiger partial charge in [-0.1, -0.05) is 59.4 Å². The molecule has 5 rings (SSSR count). The van der Waals surface area contributed by atoms with Crippen LogP contribution in [0.3, 0.4) is 0 Å². The second-order valence-electron chi connectivity index (χ2n) is 8.01. The SMILES string of the molecule is Cc1ccc(C)c(C(O)=C2C(=O)C(=O)N(c3nc4ccc(F)cc4s3)C2c2ccccc2)c1. The minimum Gasteiger partial charge on any atom is -0.507 e. The third kappa shape index (κ3) is 3.50. The molecule has 0 spiro atoms. The zero-order chi connectivity index (χ0) is 23.3. The third-order valence-corrected chi connectivity index (χ3v) is 6.77. The summed E-state index contributed by atoms with van der Waals surface area (Å²) in [5.74, 6) is -2.20. The van der Waals surface area contributed by atoms with Gasteiger partial charge in [-0.15, -0.1) is 0 Å². The Hall–Kier alpha value is -3.84. The predicted molar refractivity (Wildman–Crippen MR) is 127 cm³/mol. The molecule has 4 aromatic rings. The van der Waals surface area contributed by atoms with Crippen LogP contribution in [0, 0.1) is 19.7 Å². The first-order valence-electron chi connectivity index (χ1n) is 10.3. The van der Waals surface area contributed by atoms with E-state index in [9.17, 15) is 19.1 Å². The molecule has 1 aliphatic rings. The fraction of sp³-hybridized carbons (Fsp3) is 0.115. The number of thiazole rings is 1. The number of anilines is 1. The Kier molecular flexibility index (Phi) is 5.06. The summed E-state index contributed by atoms with van der Waals surface area (Å²) in [5.41, 5.74) is 3.40. The molecular weight excluding hydrogens is 439 g/mol. The number of benzene rings is 3. The van der Waals surface area contributed by atoms with E-state index in [1.807, 2.05) is 32.0 Å². The van der Waals surface area contributed by atoms with E-state index in [1.54, 1.807) is 30.3 Å². The number of halogens is 1. The molecule has 1 N–H and O–H groups in total. The largest absolute Gasteiger partial charge is 0.507 e. The molecule has 1 aliphatic heterocycles. The third-order valence-electron chi connectivity index (χ3n) is 5.75. The fourth-order valence-electron chi connectivity index (χ4n) is 4.11. The average molecular weight is 459 g/mol. The summed E-state index contributed by atoms with van der Waals surface area (Å²) in [6.45, 7) is 3.73. The number of nitrogens with zero attached hydrogens (tertiary/aromatic N) is 2. The van der Waals surface area contributed by atoms with Crippen LogP contribution in [0.15, 0.2) is 72.3 Å². The molecule has 1 saturated heterocycles. The van der Waals surface area contributed by atoms with Gasteiger partial charge in [-0.05, 0) is 49.2 Å². The predicted octanol–water partition coefficient (Wildman–Crippen LogP) is 5.68. The average Bonchev–Trinajstić information content (AvgIpc) is 3.33. The number of carbonyl (C=O) groups is 2. The van der Waals surface area contributed by atoms with E-state index in [2.05, 4.69) is 4.98 Å². The van der Waals surface area contributed by atoms with Crippen LogP contribution < -0.4 is 4.90 Å². The second-order valence-corrected chi connectivity index (χ2v) is 9.02. The number of aryl methyl sites for hydroxylation is 2. The van der Waals surface area contributed by atoms with Crippen LogP contribution in [0.1, 0.15) is 28.3 Å². The number of hydrogen-bond acceptors (Lipinski definition) is 5. The van der Waals surface area contributed by atoms with Gasteiger partial charge in [-0.25, -0.2) is 9.37 Å². The van der Waals surface area contributed by atoms with E-state index < -0.39 is 23.5 Å². The Bertz CT molecular complexity index is 1460. The molecule has 0 bridgehead atoms. The molecule has 1 atom stereocenters. The van der Waals surface area contributed by atoms with Crippen LogP contribution in [0.5, 0.6) is 0 Å². The maximum absolute atomic E-state index is 13.7. The van der Waals surface area contributed by atoms with Crippen molar-refractivity contribution in [2.24, 2.45) is 0 Å². The Morgan fingerprint density at radius 2 is 1.79 bits per heavy atom. The Balaban J connectivity index is 1.75. The lowest BCUT2D eigenvalue weighted by Crippen LogP contribution is -2.29. The van der Waals surface area contributed by atoms with Gasteiger partial charge in [0.15, 0.2) is 5.13 Å². The highest BCUT2D eigenvalue weighted by molar-refractivity contribution is 7.22. The highest BCUT2D eigenvalue weighted by Gasteiger charge is 2.48. The molecule has 1 unspecified atom stereocenters.